The average molecular weight is 381 g/mol. The molecule has 0 radical (unpaired) electrons. The molecule has 2 N–H and O–H groups in total. The van der Waals surface area contributed by atoms with Gasteiger partial charge in [0.2, 0.25) is 0 Å². The monoisotopic (exact) mass is 381 g/mol. The van der Waals surface area contributed by atoms with Crippen molar-refractivity contribution in [3.63, 3.8) is 0 Å². The molecule has 1 aliphatic rings. The van der Waals surface area contributed by atoms with Crippen LogP contribution in [0.3, 0.4) is 0 Å². The number of carbonyl (C=O) groups excluding carboxylic acids is 2. The molecule has 28 heavy (non-hydrogen) atoms. The summed E-state index contributed by atoms with van der Waals surface area (Å²) < 4.78 is 5.16. The lowest BCUT2D eigenvalue weighted by atomic mass is 10.1. The number of urea groups is 1. The second kappa shape index (κ2) is 7.38. The number of aromatic amines is 1. The minimum absolute atomic E-state index is 0.141. The van der Waals surface area contributed by atoms with Crippen LogP contribution in [-0.4, -0.2) is 57.9 Å². The number of fused-ring (bicyclic) bond motifs is 1. The lowest BCUT2D eigenvalue weighted by Gasteiger charge is -2.34. The molecular weight excluding hydrogens is 358 g/mol. The number of imidazole rings is 1. The topological polar surface area (TPSA) is 94.5 Å². The predicted octanol–water partition coefficient (Wildman–Crippen LogP) is 2.44. The highest BCUT2D eigenvalue weighted by atomic mass is 16.3. The summed E-state index contributed by atoms with van der Waals surface area (Å²) in [7, 11) is 0. The Labute approximate surface area is 162 Å². The fourth-order valence-corrected chi connectivity index (χ4v) is 3.39. The molecule has 2 aromatic heterocycles. The van der Waals surface area contributed by atoms with E-state index in [1.807, 2.05) is 13.0 Å². The number of hydrogen-bond acceptors (Lipinski definition) is 4. The Morgan fingerprint density at radius 1 is 1.14 bits per heavy atom. The van der Waals surface area contributed by atoms with Crippen LogP contribution in [0, 0.1) is 13.8 Å². The Morgan fingerprint density at radius 2 is 1.89 bits per heavy atom. The first kappa shape index (κ1) is 18.1. The SMILES string of the molecule is Cc1ccc2[nH]c(CNC(=O)N3CCN(C(=O)c4ccco4)CC3)nc2c1C. The maximum Gasteiger partial charge on any atom is 0.317 e. The molecule has 1 saturated heterocycles. The van der Waals surface area contributed by atoms with Crippen molar-refractivity contribution in [3.05, 3.63) is 53.2 Å². The Balaban J connectivity index is 1.31. The van der Waals surface area contributed by atoms with Gasteiger partial charge in [-0.3, -0.25) is 4.79 Å². The lowest BCUT2D eigenvalue weighted by molar-refractivity contribution is 0.0634. The Hall–Kier alpha value is -3.29. The van der Waals surface area contributed by atoms with Crippen molar-refractivity contribution >= 4 is 23.0 Å². The molecule has 1 aromatic carbocycles. The van der Waals surface area contributed by atoms with E-state index >= 15 is 0 Å². The third-order valence-electron chi connectivity index (χ3n) is 5.22. The summed E-state index contributed by atoms with van der Waals surface area (Å²) in [6.07, 6.45) is 1.48. The molecule has 0 aliphatic carbocycles. The van der Waals surface area contributed by atoms with Crippen LogP contribution in [0.2, 0.25) is 0 Å². The number of benzene rings is 1. The highest BCUT2D eigenvalue weighted by Crippen LogP contribution is 2.19. The first-order chi connectivity index (χ1) is 13.5. The summed E-state index contributed by atoms with van der Waals surface area (Å²) in [5, 5.41) is 2.91. The normalized spacial score (nSPS) is 14.5. The Kier molecular flexibility index (Phi) is 4.77. The van der Waals surface area contributed by atoms with Crippen molar-refractivity contribution in [1.82, 2.24) is 25.1 Å². The largest absolute Gasteiger partial charge is 0.459 e. The van der Waals surface area contributed by atoms with Gasteiger partial charge in [0.05, 0.1) is 23.8 Å². The zero-order chi connectivity index (χ0) is 19.7. The third-order valence-corrected chi connectivity index (χ3v) is 5.22. The molecule has 3 aromatic rings. The number of aromatic nitrogens is 2. The molecule has 0 spiro atoms. The highest BCUT2D eigenvalue weighted by molar-refractivity contribution is 5.91. The Bertz CT molecular complexity index is 1000. The third kappa shape index (κ3) is 3.45. The predicted molar refractivity (Wildman–Crippen MR) is 104 cm³/mol. The van der Waals surface area contributed by atoms with Gasteiger partial charge in [-0.2, -0.15) is 0 Å². The summed E-state index contributed by atoms with van der Waals surface area (Å²) >= 11 is 0. The van der Waals surface area contributed by atoms with Crippen molar-refractivity contribution in [2.45, 2.75) is 20.4 Å². The van der Waals surface area contributed by atoms with Gasteiger partial charge in [0.15, 0.2) is 5.76 Å². The second-order valence-electron chi connectivity index (χ2n) is 7.00. The van der Waals surface area contributed by atoms with E-state index in [-0.39, 0.29) is 11.9 Å². The summed E-state index contributed by atoms with van der Waals surface area (Å²) in [4.78, 5) is 36.0. The highest BCUT2D eigenvalue weighted by Gasteiger charge is 2.26. The van der Waals surface area contributed by atoms with Crippen LogP contribution in [-0.2, 0) is 6.54 Å². The van der Waals surface area contributed by atoms with Gasteiger partial charge in [0, 0.05) is 26.2 Å². The molecule has 0 bridgehead atoms. The molecule has 0 unspecified atom stereocenters. The number of rotatable bonds is 3. The van der Waals surface area contributed by atoms with Crippen LogP contribution >= 0.6 is 0 Å². The maximum atomic E-state index is 12.5. The number of nitrogens with one attached hydrogen (secondary N) is 2. The van der Waals surface area contributed by atoms with Crippen molar-refractivity contribution in [1.29, 1.82) is 0 Å². The van der Waals surface area contributed by atoms with E-state index < -0.39 is 0 Å². The number of furan rings is 1. The fourth-order valence-electron chi connectivity index (χ4n) is 3.39. The number of nitrogens with zero attached hydrogens (tertiary/aromatic N) is 3. The van der Waals surface area contributed by atoms with Gasteiger partial charge < -0.3 is 24.5 Å². The first-order valence-corrected chi connectivity index (χ1v) is 9.33. The van der Waals surface area contributed by atoms with Crippen molar-refractivity contribution in [3.8, 4) is 0 Å². The second-order valence-corrected chi connectivity index (χ2v) is 7.00. The van der Waals surface area contributed by atoms with Crippen LogP contribution in [0.5, 0.6) is 0 Å². The fraction of sp³-hybridized carbons (Fsp3) is 0.350. The molecule has 0 atom stereocenters. The molecule has 1 fully saturated rings. The summed E-state index contributed by atoms with van der Waals surface area (Å²) in [6.45, 7) is 6.36. The van der Waals surface area contributed by atoms with Crippen LogP contribution < -0.4 is 5.32 Å². The van der Waals surface area contributed by atoms with Gasteiger partial charge in [-0.25, -0.2) is 9.78 Å². The smallest absolute Gasteiger partial charge is 0.317 e. The summed E-state index contributed by atoms with van der Waals surface area (Å²) in [5.74, 6) is 0.912. The standard InChI is InChI=1S/C20H23N5O3/c1-13-5-6-15-18(14(13)2)23-17(22-15)12-21-20(27)25-9-7-24(8-10-25)19(26)16-4-3-11-28-16/h3-6,11H,7-10,12H2,1-2H3,(H,21,27)(H,22,23). The van der Waals surface area contributed by atoms with Crippen LogP contribution in [0.15, 0.2) is 34.9 Å². The van der Waals surface area contributed by atoms with Gasteiger partial charge in [-0.05, 0) is 43.2 Å². The van der Waals surface area contributed by atoms with Crippen molar-refractivity contribution in [2.75, 3.05) is 26.2 Å². The zero-order valence-electron chi connectivity index (χ0n) is 16.0. The van der Waals surface area contributed by atoms with E-state index in [9.17, 15) is 9.59 Å². The van der Waals surface area contributed by atoms with E-state index in [1.165, 1.54) is 11.8 Å². The summed E-state index contributed by atoms with van der Waals surface area (Å²) in [5.41, 5.74) is 4.24. The van der Waals surface area contributed by atoms with E-state index in [2.05, 4.69) is 28.3 Å². The number of piperazine rings is 1. The van der Waals surface area contributed by atoms with Gasteiger partial charge in [0.25, 0.3) is 5.91 Å². The van der Waals surface area contributed by atoms with E-state index in [1.54, 1.807) is 21.9 Å². The molecule has 1 aliphatic heterocycles. The molecule has 3 amide bonds. The van der Waals surface area contributed by atoms with Gasteiger partial charge in [0.1, 0.15) is 5.82 Å². The van der Waals surface area contributed by atoms with Crippen LogP contribution in [0.4, 0.5) is 4.79 Å². The minimum atomic E-state index is -0.154. The number of amides is 3. The van der Waals surface area contributed by atoms with E-state index in [0.29, 0.717) is 38.5 Å². The van der Waals surface area contributed by atoms with Crippen LogP contribution in [0.25, 0.3) is 11.0 Å². The number of hydrogen-bond donors (Lipinski definition) is 2. The maximum absolute atomic E-state index is 12.5. The average Bonchev–Trinajstić information content (AvgIpc) is 3.39. The molecule has 3 heterocycles. The van der Waals surface area contributed by atoms with Crippen LogP contribution in [0.1, 0.15) is 27.5 Å². The van der Waals surface area contributed by atoms with E-state index in [0.717, 1.165) is 22.4 Å². The van der Waals surface area contributed by atoms with Gasteiger partial charge in [-0.15, -0.1) is 0 Å². The molecule has 0 saturated carbocycles. The summed E-state index contributed by atoms with van der Waals surface area (Å²) in [6, 6.07) is 7.25. The van der Waals surface area contributed by atoms with E-state index in [4.69, 9.17) is 4.42 Å². The number of carbonyl (C=O) groups is 2. The molecule has 8 nitrogen and oxygen atoms in total. The molecule has 146 valence electrons. The van der Waals surface area contributed by atoms with Gasteiger partial charge >= 0.3 is 6.03 Å². The minimum Gasteiger partial charge on any atom is -0.459 e. The zero-order valence-corrected chi connectivity index (χ0v) is 16.0. The van der Waals surface area contributed by atoms with Gasteiger partial charge in [-0.1, -0.05) is 6.07 Å². The number of aryl methyl sites for hydroxylation is 2. The number of H-pyrrole nitrogens is 1. The Morgan fingerprint density at radius 3 is 2.61 bits per heavy atom. The molecule has 8 heteroatoms. The lowest BCUT2D eigenvalue weighted by Crippen LogP contribution is -2.53. The van der Waals surface area contributed by atoms with Crippen molar-refractivity contribution in [2.24, 2.45) is 0 Å². The first-order valence-electron chi connectivity index (χ1n) is 9.33. The molecular formula is C20H23N5O3. The van der Waals surface area contributed by atoms with Crippen molar-refractivity contribution < 1.29 is 14.0 Å². The quantitative estimate of drug-likeness (QED) is 0.729. The molecule has 4 rings (SSSR count).